The molecule has 0 aliphatic rings. The van der Waals surface area contributed by atoms with Gasteiger partial charge in [0.1, 0.15) is 0 Å². The second kappa shape index (κ2) is 4.28. The zero-order chi connectivity index (χ0) is 8.04. The van der Waals surface area contributed by atoms with E-state index < -0.39 is 0 Å². The van der Waals surface area contributed by atoms with Crippen molar-refractivity contribution < 1.29 is 9.63 Å². The lowest BCUT2D eigenvalue weighted by atomic mass is 9.97. The van der Waals surface area contributed by atoms with Gasteiger partial charge in [-0.25, -0.2) is 4.79 Å². The first kappa shape index (κ1) is 9.43. The minimum atomic E-state index is -0.225. The van der Waals surface area contributed by atoms with Crippen LogP contribution in [0.15, 0.2) is 0 Å². The van der Waals surface area contributed by atoms with Crippen molar-refractivity contribution in [3.63, 3.8) is 0 Å². The molecule has 0 unspecified atom stereocenters. The smallest absolute Gasteiger partial charge is 0.340 e. The zero-order valence-corrected chi connectivity index (χ0v) is 6.68. The van der Waals surface area contributed by atoms with Gasteiger partial charge in [0, 0.05) is 0 Å². The van der Waals surface area contributed by atoms with Crippen molar-refractivity contribution in [3.05, 3.63) is 0 Å². The van der Waals surface area contributed by atoms with Gasteiger partial charge in [-0.15, -0.1) is 0 Å². The second-order valence-corrected chi connectivity index (χ2v) is 2.47. The second-order valence-electron chi connectivity index (χ2n) is 2.47. The van der Waals surface area contributed by atoms with Crippen LogP contribution in [-0.2, 0) is 9.63 Å². The summed E-state index contributed by atoms with van der Waals surface area (Å²) >= 11 is 0. The number of carbonyl (C=O) groups excluding carboxylic acids is 1. The summed E-state index contributed by atoms with van der Waals surface area (Å²) in [6.07, 6.45) is 1.73. The summed E-state index contributed by atoms with van der Waals surface area (Å²) < 4.78 is 0. The van der Waals surface area contributed by atoms with E-state index in [2.05, 4.69) is 10.3 Å². The van der Waals surface area contributed by atoms with Crippen molar-refractivity contribution >= 4 is 6.47 Å². The van der Waals surface area contributed by atoms with Gasteiger partial charge in [0.05, 0.1) is 5.54 Å². The Balaban J connectivity index is 3.68. The normalized spacial score (nSPS) is 11.1. The van der Waals surface area contributed by atoms with Crippen LogP contribution in [0.1, 0.15) is 33.6 Å². The molecule has 0 aliphatic carbocycles. The molecule has 0 bridgehead atoms. The number of hydroxylamine groups is 1. The topological polar surface area (TPSA) is 40.4 Å². The fourth-order valence-corrected chi connectivity index (χ4v) is 0.508. The molecular weight excluding hydrogens is 130 g/mol. The van der Waals surface area contributed by atoms with Crippen molar-refractivity contribution in [2.24, 2.45) is 0 Å². The highest BCUT2D eigenvalue weighted by molar-refractivity contribution is 5.37. The van der Waals surface area contributed by atoms with E-state index in [0.717, 1.165) is 12.8 Å². The third kappa shape index (κ3) is 2.82. The van der Waals surface area contributed by atoms with E-state index >= 15 is 0 Å². The largest absolute Gasteiger partial charge is 0.439 e. The average Bonchev–Trinajstić information content (AvgIpc) is 2.00. The molecule has 0 N–H and O–H groups in total. The van der Waals surface area contributed by atoms with Crippen LogP contribution in [0.4, 0.5) is 0 Å². The molecule has 0 aromatic heterocycles. The van der Waals surface area contributed by atoms with Gasteiger partial charge in [0.25, 0.3) is 0 Å². The molecule has 2 radical (unpaired) electrons. The lowest BCUT2D eigenvalue weighted by Gasteiger charge is -2.21. The molecule has 3 nitrogen and oxygen atoms in total. The third-order valence-corrected chi connectivity index (χ3v) is 1.83. The van der Waals surface area contributed by atoms with Crippen LogP contribution >= 0.6 is 0 Å². The summed E-state index contributed by atoms with van der Waals surface area (Å²) in [6.45, 7) is 7.21. The number of hydrogen-bond acceptors (Lipinski definition) is 2. The SMILES string of the molecule is CCC(C)(CC)[N]O[C]=O. The van der Waals surface area contributed by atoms with Crippen molar-refractivity contribution in [1.82, 2.24) is 5.48 Å². The van der Waals surface area contributed by atoms with Gasteiger partial charge < -0.3 is 4.84 Å². The monoisotopic (exact) mass is 143 g/mol. The van der Waals surface area contributed by atoms with Gasteiger partial charge >= 0.3 is 6.47 Å². The van der Waals surface area contributed by atoms with E-state index in [-0.39, 0.29) is 5.54 Å². The molecule has 0 fully saturated rings. The molecule has 0 aromatic rings. The van der Waals surface area contributed by atoms with Gasteiger partial charge in [-0.05, 0) is 25.2 Å². The van der Waals surface area contributed by atoms with Crippen LogP contribution in [0.3, 0.4) is 0 Å². The molecule has 0 atom stereocenters. The van der Waals surface area contributed by atoms with E-state index in [4.69, 9.17) is 0 Å². The Hall–Kier alpha value is -0.570. The van der Waals surface area contributed by atoms with E-state index in [1.54, 1.807) is 0 Å². The van der Waals surface area contributed by atoms with E-state index in [0.29, 0.717) is 0 Å². The Labute approximate surface area is 61.7 Å². The predicted molar refractivity (Wildman–Crippen MR) is 37.9 cm³/mol. The molecule has 0 saturated carbocycles. The lowest BCUT2D eigenvalue weighted by molar-refractivity contribution is 0.0649. The maximum absolute atomic E-state index is 9.64. The minimum Gasteiger partial charge on any atom is -0.340 e. The molecule has 10 heavy (non-hydrogen) atoms. The predicted octanol–water partition coefficient (Wildman–Crippen LogP) is 1.17. The summed E-state index contributed by atoms with van der Waals surface area (Å²) in [6, 6.07) is 0. The fraction of sp³-hybridized carbons (Fsp3) is 0.857. The summed E-state index contributed by atoms with van der Waals surface area (Å²) in [4.78, 5) is 13.8. The average molecular weight is 143 g/mol. The molecule has 0 amide bonds. The number of hydrogen-bond donors (Lipinski definition) is 0. The van der Waals surface area contributed by atoms with Crippen molar-refractivity contribution in [3.8, 4) is 0 Å². The summed E-state index contributed by atoms with van der Waals surface area (Å²) in [5, 5.41) is 0. The lowest BCUT2D eigenvalue weighted by Crippen LogP contribution is -2.34. The Morgan fingerprint density at radius 1 is 1.50 bits per heavy atom. The van der Waals surface area contributed by atoms with Crippen LogP contribution in [0, 0.1) is 0 Å². The van der Waals surface area contributed by atoms with Gasteiger partial charge in [-0.1, -0.05) is 13.8 Å². The van der Waals surface area contributed by atoms with E-state index in [1.165, 1.54) is 6.47 Å². The first-order valence-corrected chi connectivity index (χ1v) is 3.44. The van der Waals surface area contributed by atoms with E-state index in [9.17, 15) is 4.79 Å². The van der Waals surface area contributed by atoms with E-state index in [1.807, 2.05) is 20.8 Å². The van der Waals surface area contributed by atoms with Crippen LogP contribution < -0.4 is 5.48 Å². The first-order valence-electron chi connectivity index (χ1n) is 3.44. The van der Waals surface area contributed by atoms with Crippen LogP contribution in [0.2, 0.25) is 0 Å². The van der Waals surface area contributed by atoms with Gasteiger partial charge in [0.2, 0.25) is 0 Å². The molecule has 0 aliphatic heterocycles. The van der Waals surface area contributed by atoms with Gasteiger partial charge in [-0.2, -0.15) is 0 Å². The molecule has 3 heteroatoms. The number of nitrogens with zero attached hydrogens (tertiary/aromatic N) is 1. The quantitative estimate of drug-likeness (QED) is 0.542. The first-order chi connectivity index (χ1) is 4.68. The molecule has 0 spiro atoms. The highest BCUT2D eigenvalue weighted by atomic mass is 16.7. The maximum atomic E-state index is 9.64. The fourth-order valence-electron chi connectivity index (χ4n) is 0.508. The molecule has 0 heterocycles. The molecule has 0 rings (SSSR count). The summed E-state index contributed by atoms with van der Waals surface area (Å²) in [5.41, 5.74) is 3.46. The van der Waals surface area contributed by atoms with Crippen LogP contribution in [-0.4, -0.2) is 12.0 Å². The maximum Gasteiger partial charge on any atom is 0.439 e. The molecule has 0 saturated heterocycles. The summed E-state index contributed by atoms with van der Waals surface area (Å²) in [5.74, 6) is 0. The Kier molecular flexibility index (Phi) is 4.03. The van der Waals surface area contributed by atoms with Crippen molar-refractivity contribution in [1.29, 1.82) is 0 Å². The Morgan fingerprint density at radius 3 is 2.30 bits per heavy atom. The third-order valence-electron chi connectivity index (χ3n) is 1.83. The van der Waals surface area contributed by atoms with Crippen molar-refractivity contribution in [2.75, 3.05) is 0 Å². The standard InChI is InChI=1S/C7H13NO2/c1-4-7(3,5-2)8-10-6-9/h4-5H2,1-3H3. The Morgan fingerprint density at radius 2 is 2.00 bits per heavy atom. The highest BCUT2D eigenvalue weighted by Crippen LogP contribution is 2.14. The van der Waals surface area contributed by atoms with Gasteiger partial charge in [-0.3, -0.25) is 0 Å². The van der Waals surface area contributed by atoms with Gasteiger partial charge in [0.15, 0.2) is 0 Å². The van der Waals surface area contributed by atoms with Crippen molar-refractivity contribution in [2.45, 2.75) is 39.2 Å². The molecule has 0 aromatic carbocycles. The number of rotatable bonds is 5. The molecular formula is C7H13NO2. The summed E-state index contributed by atoms with van der Waals surface area (Å²) in [7, 11) is 0. The minimum absolute atomic E-state index is 0.225. The highest BCUT2D eigenvalue weighted by Gasteiger charge is 2.21. The Bertz CT molecular complexity index is 99.8. The molecule has 58 valence electrons. The zero-order valence-electron chi connectivity index (χ0n) is 6.68. The van der Waals surface area contributed by atoms with Crippen LogP contribution in [0.5, 0.6) is 0 Å². The van der Waals surface area contributed by atoms with Crippen LogP contribution in [0.25, 0.3) is 0 Å².